The first kappa shape index (κ1) is 16.9. The topological polar surface area (TPSA) is 62.2 Å². The average molecular weight is 332 g/mol. The van der Waals surface area contributed by atoms with Gasteiger partial charge in [0.2, 0.25) is 5.91 Å². The summed E-state index contributed by atoms with van der Waals surface area (Å²) in [5.74, 6) is -0.226. The molecule has 0 saturated heterocycles. The second-order valence-electron chi connectivity index (χ2n) is 5.80. The number of aliphatic hydroxyl groups is 1. The van der Waals surface area contributed by atoms with E-state index in [4.69, 9.17) is 0 Å². The SMILES string of the molecule is O=C(CC(O)c1ccccc1)NC(c1ccccc1)c1ccccn1. The number of rotatable bonds is 6. The minimum atomic E-state index is -0.832. The average Bonchev–Trinajstić information content (AvgIpc) is 2.68. The largest absolute Gasteiger partial charge is 0.388 e. The van der Waals surface area contributed by atoms with Gasteiger partial charge in [0.15, 0.2) is 0 Å². The lowest BCUT2D eigenvalue weighted by Crippen LogP contribution is -2.30. The number of aromatic nitrogens is 1. The second-order valence-corrected chi connectivity index (χ2v) is 5.80. The second kappa shape index (κ2) is 8.22. The molecule has 0 radical (unpaired) electrons. The summed E-state index contributed by atoms with van der Waals surface area (Å²) in [5.41, 5.74) is 2.44. The van der Waals surface area contributed by atoms with Gasteiger partial charge in [-0.3, -0.25) is 9.78 Å². The number of benzene rings is 2. The number of pyridine rings is 1. The number of hydrogen-bond acceptors (Lipinski definition) is 3. The Labute approximate surface area is 147 Å². The van der Waals surface area contributed by atoms with Crippen LogP contribution in [0.15, 0.2) is 85.1 Å². The predicted molar refractivity (Wildman–Crippen MR) is 96.7 cm³/mol. The Morgan fingerprint density at radius 1 is 0.880 bits per heavy atom. The third-order valence-electron chi connectivity index (χ3n) is 3.98. The van der Waals surface area contributed by atoms with Crippen LogP contribution in [0.3, 0.4) is 0 Å². The first-order valence-electron chi connectivity index (χ1n) is 8.22. The van der Waals surface area contributed by atoms with Gasteiger partial charge in [-0.05, 0) is 23.3 Å². The van der Waals surface area contributed by atoms with E-state index in [1.165, 1.54) is 0 Å². The summed E-state index contributed by atoms with van der Waals surface area (Å²) in [6, 6.07) is 24.1. The molecule has 0 aliphatic heterocycles. The van der Waals surface area contributed by atoms with Gasteiger partial charge in [-0.2, -0.15) is 0 Å². The molecular formula is C21H20N2O2. The molecule has 2 unspecified atom stereocenters. The molecule has 1 aromatic heterocycles. The summed E-state index contributed by atoms with van der Waals surface area (Å²) < 4.78 is 0. The van der Waals surface area contributed by atoms with Gasteiger partial charge in [-0.25, -0.2) is 0 Å². The van der Waals surface area contributed by atoms with Gasteiger partial charge in [0, 0.05) is 6.20 Å². The van der Waals surface area contributed by atoms with Crippen LogP contribution in [0.5, 0.6) is 0 Å². The first-order valence-corrected chi connectivity index (χ1v) is 8.22. The summed E-state index contributed by atoms with van der Waals surface area (Å²) in [4.78, 5) is 16.9. The van der Waals surface area contributed by atoms with Crippen LogP contribution in [0.25, 0.3) is 0 Å². The van der Waals surface area contributed by atoms with Gasteiger partial charge in [0.1, 0.15) is 0 Å². The Hall–Kier alpha value is -2.98. The third-order valence-corrected chi connectivity index (χ3v) is 3.98. The van der Waals surface area contributed by atoms with E-state index >= 15 is 0 Å². The molecule has 3 rings (SSSR count). The third kappa shape index (κ3) is 4.52. The number of carbonyl (C=O) groups is 1. The van der Waals surface area contributed by atoms with E-state index in [1.54, 1.807) is 6.20 Å². The van der Waals surface area contributed by atoms with Crippen molar-refractivity contribution in [3.63, 3.8) is 0 Å². The molecule has 126 valence electrons. The van der Waals surface area contributed by atoms with E-state index < -0.39 is 6.10 Å². The summed E-state index contributed by atoms with van der Waals surface area (Å²) in [6.45, 7) is 0. The number of hydrogen-bond donors (Lipinski definition) is 2. The van der Waals surface area contributed by atoms with Crippen molar-refractivity contribution in [1.29, 1.82) is 0 Å². The molecule has 4 heteroatoms. The summed E-state index contributed by atoms with van der Waals surface area (Å²) >= 11 is 0. The molecule has 2 aromatic carbocycles. The van der Waals surface area contributed by atoms with Gasteiger partial charge in [0.25, 0.3) is 0 Å². The molecule has 0 fully saturated rings. The molecule has 1 heterocycles. The number of nitrogens with zero attached hydrogens (tertiary/aromatic N) is 1. The maximum absolute atomic E-state index is 12.5. The fourth-order valence-electron chi connectivity index (χ4n) is 2.71. The first-order chi connectivity index (χ1) is 12.2. The van der Waals surface area contributed by atoms with Crippen molar-refractivity contribution in [1.82, 2.24) is 10.3 Å². The van der Waals surface area contributed by atoms with E-state index in [9.17, 15) is 9.90 Å². The lowest BCUT2D eigenvalue weighted by molar-refractivity contribution is -0.123. The number of aliphatic hydroxyl groups excluding tert-OH is 1. The molecule has 4 nitrogen and oxygen atoms in total. The van der Waals surface area contributed by atoms with Crippen molar-refractivity contribution in [3.8, 4) is 0 Å². The molecule has 25 heavy (non-hydrogen) atoms. The molecule has 3 aromatic rings. The molecule has 0 aliphatic rings. The minimum absolute atomic E-state index is 0.000179. The monoisotopic (exact) mass is 332 g/mol. The maximum atomic E-state index is 12.5. The molecule has 0 saturated carbocycles. The molecule has 0 aliphatic carbocycles. The number of amides is 1. The summed E-state index contributed by atoms with van der Waals surface area (Å²) in [6.07, 6.45) is 0.873. The molecule has 0 bridgehead atoms. The summed E-state index contributed by atoms with van der Waals surface area (Å²) in [5, 5.41) is 13.3. The summed E-state index contributed by atoms with van der Waals surface area (Å²) in [7, 11) is 0. The lowest BCUT2D eigenvalue weighted by atomic mass is 10.0. The van der Waals surface area contributed by atoms with E-state index in [-0.39, 0.29) is 18.4 Å². The minimum Gasteiger partial charge on any atom is -0.388 e. The van der Waals surface area contributed by atoms with Crippen LogP contribution in [-0.2, 0) is 4.79 Å². The highest BCUT2D eigenvalue weighted by Gasteiger charge is 2.20. The Bertz CT molecular complexity index is 752. The van der Waals surface area contributed by atoms with Crippen LogP contribution in [0.4, 0.5) is 0 Å². The molecule has 1 amide bonds. The molecule has 0 spiro atoms. The molecule has 2 N–H and O–H groups in total. The van der Waals surface area contributed by atoms with Crippen LogP contribution < -0.4 is 5.32 Å². The fraction of sp³-hybridized carbons (Fsp3) is 0.143. The standard InChI is InChI=1S/C21H20N2O2/c24-19(16-9-3-1-4-10-16)15-20(25)23-21(17-11-5-2-6-12-17)18-13-7-8-14-22-18/h1-14,19,21,24H,15H2,(H,23,25). The highest BCUT2D eigenvalue weighted by Crippen LogP contribution is 2.22. The molecular weight excluding hydrogens is 312 g/mol. The maximum Gasteiger partial charge on any atom is 0.223 e. The van der Waals surface area contributed by atoms with Crippen molar-refractivity contribution in [2.75, 3.05) is 0 Å². The van der Waals surface area contributed by atoms with Crippen molar-refractivity contribution in [2.24, 2.45) is 0 Å². The van der Waals surface area contributed by atoms with E-state index in [0.717, 1.165) is 16.8 Å². The number of carbonyl (C=O) groups excluding carboxylic acids is 1. The predicted octanol–water partition coefficient (Wildman–Crippen LogP) is 3.41. The van der Waals surface area contributed by atoms with E-state index in [1.807, 2.05) is 78.9 Å². The highest BCUT2D eigenvalue weighted by atomic mass is 16.3. The van der Waals surface area contributed by atoms with Crippen molar-refractivity contribution in [3.05, 3.63) is 102 Å². The van der Waals surface area contributed by atoms with Gasteiger partial charge in [-0.1, -0.05) is 66.7 Å². The Kier molecular flexibility index (Phi) is 5.54. The quantitative estimate of drug-likeness (QED) is 0.727. The van der Waals surface area contributed by atoms with Gasteiger partial charge >= 0.3 is 0 Å². The van der Waals surface area contributed by atoms with Gasteiger partial charge < -0.3 is 10.4 Å². The highest BCUT2D eigenvalue weighted by molar-refractivity contribution is 5.77. The fourth-order valence-corrected chi connectivity index (χ4v) is 2.71. The zero-order chi connectivity index (χ0) is 17.5. The Balaban J connectivity index is 1.75. The van der Waals surface area contributed by atoms with Crippen LogP contribution in [-0.4, -0.2) is 16.0 Å². The Morgan fingerprint density at radius 3 is 2.08 bits per heavy atom. The zero-order valence-corrected chi connectivity index (χ0v) is 13.7. The van der Waals surface area contributed by atoms with Gasteiger partial charge in [0.05, 0.1) is 24.3 Å². The Morgan fingerprint density at radius 2 is 1.48 bits per heavy atom. The van der Waals surface area contributed by atoms with Crippen molar-refractivity contribution >= 4 is 5.91 Å². The molecule has 2 atom stereocenters. The normalized spacial score (nSPS) is 13.0. The van der Waals surface area contributed by atoms with Crippen LogP contribution in [0.1, 0.15) is 35.4 Å². The van der Waals surface area contributed by atoms with Crippen molar-refractivity contribution in [2.45, 2.75) is 18.6 Å². The van der Waals surface area contributed by atoms with Crippen LogP contribution in [0, 0.1) is 0 Å². The van der Waals surface area contributed by atoms with E-state index in [0.29, 0.717) is 0 Å². The smallest absolute Gasteiger partial charge is 0.223 e. The number of nitrogens with one attached hydrogen (secondary N) is 1. The lowest BCUT2D eigenvalue weighted by Gasteiger charge is -2.20. The van der Waals surface area contributed by atoms with Crippen LogP contribution in [0.2, 0.25) is 0 Å². The van der Waals surface area contributed by atoms with E-state index in [2.05, 4.69) is 10.3 Å². The van der Waals surface area contributed by atoms with Crippen molar-refractivity contribution < 1.29 is 9.90 Å². The van der Waals surface area contributed by atoms with Gasteiger partial charge in [-0.15, -0.1) is 0 Å². The zero-order valence-electron chi connectivity index (χ0n) is 13.7. The van der Waals surface area contributed by atoms with Crippen LogP contribution >= 0.6 is 0 Å².